The zero-order valence-corrected chi connectivity index (χ0v) is 17.2. The van der Waals surface area contributed by atoms with E-state index in [-0.39, 0.29) is 6.10 Å². The maximum Gasteiger partial charge on any atom is 0.343 e. The van der Waals surface area contributed by atoms with Crippen molar-refractivity contribution >= 4 is 11.0 Å². The second kappa shape index (κ2) is 7.21. The van der Waals surface area contributed by atoms with Crippen LogP contribution in [0, 0.1) is 6.92 Å². The van der Waals surface area contributed by atoms with E-state index < -0.39 is 48.4 Å². The Hall–Kier alpha value is -2.17. The quantitative estimate of drug-likeness (QED) is 0.516. The average Bonchev–Trinajstić information content (AvgIpc) is 2.93. The van der Waals surface area contributed by atoms with Gasteiger partial charge in [0.2, 0.25) is 6.29 Å². The molecule has 0 aliphatic carbocycles. The summed E-state index contributed by atoms with van der Waals surface area (Å²) in [5.41, 5.74) is 0.395. The lowest BCUT2D eigenvalue weighted by atomic mass is 9.82. The molecule has 4 N–H and O–H groups in total. The van der Waals surface area contributed by atoms with E-state index in [2.05, 4.69) is 0 Å². The van der Waals surface area contributed by atoms with Gasteiger partial charge < -0.3 is 39.1 Å². The van der Waals surface area contributed by atoms with Crippen molar-refractivity contribution in [3.63, 3.8) is 0 Å². The van der Waals surface area contributed by atoms with Crippen LogP contribution in [0.5, 0.6) is 11.5 Å². The van der Waals surface area contributed by atoms with Gasteiger partial charge >= 0.3 is 5.63 Å². The summed E-state index contributed by atoms with van der Waals surface area (Å²) in [6, 6.07) is 3.11. The van der Waals surface area contributed by atoms with E-state index in [1.165, 1.54) is 0 Å². The van der Waals surface area contributed by atoms with Crippen LogP contribution in [-0.4, -0.2) is 63.8 Å². The number of hydrogen-bond donors (Lipinski definition) is 4. The molecule has 0 amide bonds. The minimum absolute atomic E-state index is 0.240. The molecule has 2 aliphatic heterocycles. The van der Waals surface area contributed by atoms with Gasteiger partial charge in [-0.15, -0.1) is 0 Å². The molecule has 6 atom stereocenters. The van der Waals surface area contributed by atoms with Crippen LogP contribution in [-0.2, 0) is 10.2 Å². The van der Waals surface area contributed by atoms with E-state index in [1.54, 1.807) is 19.1 Å². The number of rotatable bonds is 3. The van der Waals surface area contributed by atoms with Crippen LogP contribution >= 0.6 is 0 Å². The largest absolute Gasteiger partial charge is 0.488 e. The molecule has 1 fully saturated rings. The van der Waals surface area contributed by atoms with Crippen molar-refractivity contribution < 1.29 is 39.1 Å². The molecule has 0 unspecified atom stereocenters. The van der Waals surface area contributed by atoms with Crippen molar-refractivity contribution in [3.05, 3.63) is 33.7 Å². The van der Waals surface area contributed by atoms with Gasteiger partial charge in [0.05, 0.1) is 17.6 Å². The summed E-state index contributed by atoms with van der Waals surface area (Å²) in [5.74, 6) is 0.749. The zero-order valence-electron chi connectivity index (χ0n) is 17.2. The first kappa shape index (κ1) is 21.1. The van der Waals surface area contributed by atoms with Gasteiger partial charge in [-0.3, -0.25) is 0 Å². The number of ether oxygens (including phenoxy) is 3. The smallest absolute Gasteiger partial charge is 0.343 e. The first-order chi connectivity index (χ1) is 14.1. The van der Waals surface area contributed by atoms with Gasteiger partial charge in [-0.2, -0.15) is 0 Å². The monoisotopic (exact) mass is 422 g/mol. The fourth-order valence-corrected chi connectivity index (χ4v) is 4.02. The summed E-state index contributed by atoms with van der Waals surface area (Å²) in [7, 11) is 0. The summed E-state index contributed by atoms with van der Waals surface area (Å²) in [4.78, 5) is 12.6. The average molecular weight is 422 g/mol. The SMILES string of the molecule is Cc1c(O[C@@H]2O[C@H](CO)[C@@H](O)[C@H](O)[C@H]2O)ccc2oc(=O)c3c(c12)O[C@@H](C)C3(C)C. The number of aliphatic hydroxyl groups excluding tert-OH is 4. The molecular weight excluding hydrogens is 396 g/mol. The van der Waals surface area contributed by atoms with E-state index in [9.17, 15) is 25.2 Å². The first-order valence-corrected chi connectivity index (χ1v) is 9.82. The molecule has 0 spiro atoms. The lowest BCUT2D eigenvalue weighted by Crippen LogP contribution is -2.60. The molecule has 0 radical (unpaired) electrons. The molecule has 2 aliphatic rings. The predicted octanol–water partition coefficient (Wildman–Crippen LogP) is 0.339. The van der Waals surface area contributed by atoms with Crippen LogP contribution in [0.4, 0.5) is 0 Å². The Morgan fingerprint density at radius 3 is 2.50 bits per heavy atom. The third kappa shape index (κ3) is 3.00. The van der Waals surface area contributed by atoms with Crippen molar-refractivity contribution in [1.82, 2.24) is 0 Å². The second-order valence-corrected chi connectivity index (χ2v) is 8.45. The van der Waals surface area contributed by atoms with Crippen molar-refractivity contribution in [2.75, 3.05) is 6.61 Å². The van der Waals surface area contributed by atoms with E-state index >= 15 is 0 Å². The first-order valence-electron chi connectivity index (χ1n) is 9.82. The fourth-order valence-electron chi connectivity index (χ4n) is 4.02. The molecule has 9 heteroatoms. The van der Waals surface area contributed by atoms with Crippen molar-refractivity contribution in [2.45, 2.75) is 69.9 Å². The maximum absolute atomic E-state index is 12.6. The summed E-state index contributed by atoms with van der Waals surface area (Å²) in [5, 5.41) is 40.1. The number of aryl methyl sites for hydroxylation is 1. The van der Waals surface area contributed by atoms with Crippen LogP contribution in [0.25, 0.3) is 11.0 Å². The summed E-state index contributed by atoms with van der Waals surface area (Å²) < 4.78 is 22.8. The number of fused-ring (bicyclic) bond motifs is 3. The lowest BCUT2D eigenvalue weighted by molar-refractivity contribution is -0.277. The molecular formula is C21H26O9. The zero-order chi connectivity index (χ0) is 22.0. The minimum Gasteiger partial charge on any atom is -0.488 e. The van der Waals surface area contributed by atoms with Crippen LogP contribution < -0.4 is 15.1 Å². The van der Waals surface area contributed by atoms with E-state index in [0.29, 0.717) is 33.6 Å². The Bertz CT molecular complexity index is 1030. The second-order valence-electron chi connectivity index (χ2n) is 8.45. The Kier molecular flexibility index (Phi) is 5.06. The predicted molar refractivity (Wildman–Crippen MR) is 105 cm³/mol. The van der Waals surface area contributed by atoms with Crippen LogP contribution in [0.2, 0.25) is 0 Å². The Balaban J connectivity index is 1.77. The number of hydrogen-bond acceptors (Lipinski definition) is 9. The third-order valence-electron chi connectivity index (χ3n) is 6.28. The topological polar surface area (TPSA) is 139 Å². The molecule has 0 bridgehead atoms. The highest BCUT2D eigenvalue weighted by Gasteiger charge is 2.46. The van der Waals surface area contributed by atoms with Gasteiger partial charge in [-0.05, 0) is 26.0 Å². The highest BCUT2D eigenvalue weighted by Crippen LogP contribution is 2.46. The van der Waals surface area contributed by atoms with Gasteiger partial charge in [-0.1, -0.05) is 13.8 Å². The van der Waals surface area contributed by atoms with Crippen LogP contribution in [0.3, 0.4) is 0 Å². The van der Waals surface area contributed by atoms with Gasteiger partial charge in [0, 0.05) is 11.0 Å². The van der Waals surface area contributed by atoms with Gasteiger partial charge in [0.1, 0.15) is 47.6 Å². The Labute approximate surface area is 172 Å². The van der Waals surface area contributed by atoms with E-state index in [4.69, 9.17) is 18.6 Å². The number of aliphatic hydroxyl groups is 4. The summed E-state index contributed by atoms with van der Waals surface area (Å²) >= 11 is 0. The molecule has 2 aromatic rings. The van der Waals surface area contributed by atoms with E-state index in [1.807, 2.05) is 20.8 Å². The Morgan fingerprint density at radius 1 is 1.13 bits per heavy atom. The summed E-state index contributed by atoms with van der Waals surface area (Å²) in [6.07, 6.45) is -7.20. The third-order valence-corrected chi connectivity index (χ3v) is 6.28. The minimum atomic E-state index is -1.55. The van der Waals surface area contributed by atoms with Gasteiger partial charge in [0.15, 0.2) is 0 Å². The highest BCUT2D eigenvalue weighted by molar-refractivity contribution is 5.90. The molecule has 1 saturated heterocycles. The molecule has 0 saturated carbocycles. The Morgan fingerprint density at radius 2 is 1.83 bits per heavy atom. The molecule has 1 aromatic heterocycles. The standard InChI is InChI=1S/C21H26O9/c1-8-10(29-20-17(25)16(24)15(23)12(7-22)30-20)5-6-11-13(8)18-14(19(26)28-11)21(3,4)9(2)27-18/h5-6,9,12,15-17,20,22-25H,7H2,1-4H3/t9-,12+,15+,16-,17+,20+/m0/s1. The van der Waals surface area contributed by atoms with Crippen molar-refractivity contribution in [3.8, 4) is 11.5 Å². The molecule has 9 nitrogen and oxygen atoms in total. The van der Waals surface area contributed by atoms with Gasteiger partial charge in [-0.25, -0.2) is 4.79 Å². The van der Waals surface area contributed by atoms with Crippen LogP contribution in [0.1, 0.15) is 31.9 Å². The van der Waals surface area contributed by atoms with Crippen molar-refractivity contribution in [2.24, 2.45) is 0 Å². The highest BCUT2D eigenvalue weighted by atomic mass is 16.7. The molecule has 4 rings (SSSR count). The summed E-state index contributed by atoms with van der Waals surface area (Å²) in [6.45, 7) is 6.91. The van der Waals surface area contributed by atoms with Gasteiger partial charge in [0.25, 0.3) is 0 Å². The van der Waals surface area contributed by atoms with Crippen molar-refractivity contribution in [1.29, 1.82) is 0 Å². The maximum atomic E-state index is 12.6. The molecule has 1 aromatic carbocycles. The molecule has 3 heterocycles. The van der Waals surface area contributed by atoms with E-state index in [0.717, 1.165) is 0 Å². The fraction of sp³-hybridized carbons (Fsp3) is 0.571. The molecule has 164 valence electrons. The molecule has 30 heavy (non-hydrogen) atoms. The lowest BCUT2D eigenvalue weighted by Gasteiger charge is -2.39. The normalized spacial score (nSPS) is 32.7. The number of benzene rings is 1. The van der Waals surface area contributed by atoms with Crippen LogP contribution in [0.15, 0.2) is 21.3 Å².